The van der Waals surface area contributed by atoms with E-state index in [1.165, 1.54) is 0 Å². The maximum atomic E-state index is 10.4. The van der Waals surface area contributed by atoms with Crippen molar-refractivity contribution in [3.05, 3.63) is 35.9 Å². The van der Waals surface area contributed by atoms with Crippen molar-refractivity contribution in [1.29, 1.82) is 0 Å². The SMILES string of the molecule is O=[PH](O)C(O)c1ccccc1.[Cu].[Cu]. The minimum atomic E-state index is -2.86. The van der Waals surface area contributed by atoms with E-state index in [9.17, 15) is 4.57 Å². The van der Waals surface area contributed by atoms with Gasteiger partial charge in [0.2, 0.25) is 8.03 Å². The van der Waals surface area contributed by atoms with E-state index in [2.05, 4.69) is 0 Å². The molecule has 1 rings (SSSR count). The van der Waals surface area contributed by atoms with Crippen LogP contribution in [0.5, 0.6) is 0 Å². The zero-order chi connectivity index (χ0) is 8.27. The Hall–Kier alpha value is 0.409. The third kappa shape index (κ3) is 4.99. The van der Waals surface area contributed by atoms with E-state index in [0.717, 1.165) is 0 Å². The average molecular weight is 299 g/mol. The molecule has 2 atom stereocenters. The number of aliphatic hydroxyl groups is 1. The fraction of sp³-hybridized carbons (Fsp3) is 0.143. The molecule has 6 heteroatoms. The van der Waals surface area contributed by atoms with E-state index in [0.29, 0.717) is 5.56 Å². The van der Waals surface area contributed by atoms with Crippen molar-refractivity contribution in [2.24, 2.45) is 0 Å². The summed E-state index contributed by atoms with van der Waals surface area (Å²) in [6.45, 7) is 0. The van der Waals surface area contributed by atoms with Gasteiger partial charge in [-0.3, -0.25) is 4.57 Å². The largest absolute Gasteiger partial charge is 0.378 e. The van der Waals surface area contributed by atoms with Crippen molar-refractivity contribution in [3.8, 4) is 0 Å². The maximum Gasteiger partial charge on any atom is 0.221 e. The Balaban J connectivity index is 0. The van der Waals surface area contributed by atoms with Crippen LogP contribution < -0.4 is 0 Å². The van der Waals surface area contributed by atoms with Gasteiger partial charge in [-0.2, -0.15) is 0 Å². The molecule has 2 N–H and O–H groups in total. The number of hydrogen-bond acceptors (Lipinski definition) is 2. The predicted octanol–water partition coefficient (Wildman–Crippen LogP) is 1.14. The van der Waals surface area contributed by atoms with Gasteiger partial charge >= 0.3 is 0 Å². The summed E-state index contributed by atoms with van der Waals surface area (Å²) in [5.41, 5.74) is 0.485. The van der Waals surface area contributed by atoms with E-state index >= 15 is 0 Å². The van der Waals surface area contributed by atoms with Crippen molar-refractivity contribution < 1.29 is 48.7 Å². The molecule has 0 fully saturated rings. The normalized spacial score (nSPS) is 13.4. The Bertz CT molecular complexity index is 255. The molecule has 0 bridgehead atoms. The molecule has 0 saturated heterocycles. The van der Waals surface area contributed by atoms with Crippen molar-refractivity contribution in [3.63, 3.8) is 0 Å². The molecule has 0 aromatic heterocycles. The summed E-state index contributed by atoms with van der Waals surface area (Å²) in [6.07, 6.45) is 0. The molecule has 82 valence electrons. The third-order valence-corrected chi connectivity index (χ3v) is 2.15. The monoisotopic (exact) mass is 298 g/mol. The van der Waals surface area contributed by atoms with Crippen LogP contribution in [0, 0.1) is 0 Å². The van der Waals surface area contributed by atoms with Crippen molar-refractivity contribution in [2.45, 2.75) is 5.85 Å². The summed E-state index contributed by atoms with van der Waals surface area (Å²) in [5.74, 6) is -1.22. The first-order valence-corrected chi connectivity index (χ1v) is 4.61. The van der Waals surface area contributed by atoms with Gasteiger partial charge in [0.1, 0.15) is 0 Å². The summed E-state index contributed by atoms with van der Waals surface area (Å²) < 4.78 is 10.4. The standard InChI is InChI=1S/C7H9O3P.2Cu/c8-7(11(9)10)6-4-2-1-3-5-6;;/h1-5,7-8,11H,(H,9,10);;. The van der Waals surface area contributed by atoms with Gasteiger partial charge in [0.05, 0.1) is 0 Å². The van der Waals surface area contributed by atoms with Gasteiger partial charge < -0.3 is 10.00 Å². The number of aliphatic hydroxyl groups excluding tert-OH is 1. The van der Waals surface area contributed by atoms with Gasteiger partial charge in [0.25, 0.3) is 0 Å². The van der Waals surface area contributed by atoms with Crippen LogP contribution in [0.1, 0.15) is 11.4 Å². The van der Waals surface area contributed by atoms with E-state index in [1.54, 1.807) is 30.3 Å². The van der Waals surface area contributed by atoms with Crippen LogP contribution in [0.3, 0.4) is 0 Å². The Morgan fingerprint density at radius 1 is 1.15 bits per heavy atom. The van der Waals surface area contributed by atoms with Crippen LogP contribution >= 0.6 is 8.03 Å². The molecular weight excluding hydrogens is 290 g/mol. The smallest absolute Gasteiger partial charge is 0.221 e. The maximum absolute atomic E-state index is 10.4. The number of rotatable bonds is 2. The van der Waals surface area contributed by atoms with Crippen LogP contribution in [0.15, 0.2) is 30.3 Å². The van der Waals surface area contributed by atoms with E-state index in [4.69, 9.17) is 10.00 Å². The molecule has 0 aliphatic heterocycles. The molecule has 3 nitrogen and oxygen atoms in total. The van der Waals surface area contributed by atoms with Gasteiger partial charge in [-0.05, 0) is 5.56 Å². The third-order valence-electron chi connectivity index (χ3n) is 1.35. The fourth-order valence-electron chi connectivity index (χ4n) is 0.778. The van der Waals surface area contributed by atoms with Gasteiger partial charge in [0, 0.05) is 34.1 Å². The first-order chi connectivity index (χ1) is 5.22. The average Bonchev–Trinajstić information content (AvgIpc) is 2.05. The van der Waals surface area contributed by atoms with Crippen LogP contribution in [-0.2, 0) is 38.7 Å². The molecule has 13 heavy (non-hydrogen) atoms. The molecule has 0 aliphatic rings. The molecule has 0 amide bonds. The number of benzene rings is 1. The minimum absolute atomic E-state index is 0. The van der Waals surface area contributed by atoms with Crippen molar-refractivity contribution in [2.75, 3.05) is 0 Å². The number of hydrogen-bond donors (Lipinski definition) is 2. The quantitative estimate of drug-likeness (QED) is 0.636. The van der Waals surface area contributed by atoms with Gasteiger partial charge in [0.15, 0.2) is 5.85 Å². The van der Waals surface area contributed by atoms with Gasteiger partial charge in [-0.1, -0.05) is 30.3 Å². The topological polar surface area (TPSA) is 57.5 Å². The summed E-state index contributed by atoms with van der Waals surface area (Å²) in [5, 5.41) is 9.08. The molecule has 0 spiro atoms. The van der Waals surface area contributed by atoms with Gasteiger partial charge in [-0.25, -0.2) is 0 Å². The first kappa shape index (κ1) is 15.9. The molecule has 1 aromatic rings. The zero-order valence-electron chi connectivity index (χ0n) is 6.37. The van der Waals surface area contributed by atoms with Crippen LogP contribution in [0.25, 0.3) is 0 Å². The summed E-state index contributed by atoms with van der Waals surface area (Å²) >= 11 is 0. The Kier molecular flexibility index (Phi) is 9.49. The molecule has 2 unspecified atom stereocenters. The molecule has 0 aliphatic carbocycles. The molecule has 1 aromatic carbocycles. The molecule has 2 radical (unpaired) electrons. The van der Waals surface area contributed by atoms with Crippen LogP contribution in [0.4, 0.5) is 0 Å². The van der Waals surface area contributed by atoms with E-state index in [1.807, 2.05) is 0 Å². The fourth-order valence-corrected chi connectivity index (χ4v) is 1.26. The molecule has 0 saturated carbocycles. The first-order valence-electron chi connectivity index (χ1n) is 3.17. The summed E-state index contributed by atoms with van der Waals surface area (Å²) in [6, 6.07) is 8.43. The molecule has 0 heterocycles. The zero-order valence-corrected chi connectivity index (χ0v) is 9.25. The summed E-state index contributed by atoms with van der Waals surface area (Å²) in [4.78, 5) is 8.57. The predicted molar refractivity (Wildman–Crippen MR) is 42.6 cm³/mol. The van der Waals surface area contributed by atoms with Gasteiger partial charge in [-0.15, -0.1) is 0 Å². The van der Waals surface area contributed by atoms with E-state index < -0.39 is 13.9 Å². The second-order valence-electron chi connectivity index (χ2n) is 2.15. The van der Waals surface area contributed by atoms with Crippen molar-refractivity contribution in [1.82, 2.24) is 0 Å². The van der Waals surface area contributed by atoms with Crippen molar-refractivity contribution >= 4 is 8.03 Å². The second kappa shape index (κ2) is 7.78. The van der Waals surface area contributed by atoms with E-state index in [-0.39, 0.29) is 34.1 Å². The Labute approximate surface area is 98.4 Å². The minimum Gasteiger partial charge on any atom is -0.378 e. The molecular formula is C7H9Cu2O3P. The van der Waals surface area contributed by atoms with Crippen LogP contribution in [0.2, 0.25) is 0 Å². The van der Waals surface area contributed by atoms with Crippen LogP contribution in [-0.4, -0.2) is 10.00 Å². The Morgan fingerprint density at radius 2 is 1.62 bits per heavy atom. The second-order valence-corrected chi connectivity index (χ2v) is 3.37. The Morgan fingerprint density at radius 3 is 2.00 bits per heavy atom. The summed E-state index contributed by atoms with van der Waals surface area (Å²) in [7, 11) is -2.86.